The summed E-state index contributed by atoms with van der Waals surface area (Å²) >= 11 is 5.96. The van der Waals surface area contributed by atoms with Gasteiger partial charge in [0, 0.05) is 5.69 Å². The fraction of sp³-hybridized carbons (Fsp3) is 0.133. The number of para-hydroxylation sites is 1. The average Bonchev–Trinajstić information content (AvgIpc) is 2.40. The van der Waals surface area contributed by atoms with Crippen LogP contribution in [-0.4, -0.2) is 12.5 Å². The van der Waals surface area contributed by atoms with Gasteiger partial charge in [0.25, 0.3) is 5.91 Å². The van der Waals surface area contributed by atoms with Crippen LogP contribution in [0.1, 0.15) is 5.56 Å². The molecule has 3 N–H and O–H groups in total. The first-order valence-corrected chi connectivity index (χ1v) is 6.47. The molecule has 0 spiro atoms. The molecular weight excluding hydrogens is 276 g/mol. The van der Waals surface area contributed by atoms with Crippen LogP contribution in [0.2, 0.25) is 5.02 Å². The molecule has 2 aromatic carbocycles. The van der Waals surface area contributed by atoms with Gasteiger partial charge < -0.3 is 15.8 Å². The van der Waals surface area contributed by atoms with Crippen LogP contribution in [0.25, 0.3) is 0 Å². The summed E-state index contributed by atoms with van der Waals surface area (Å²) in [5.74, 6) is 0.364. The minimum absolute atomic E-state index is 0.0873. The van der Waals surface area contributed by atoms with Crippen molar-refractivity contribution in [2.75, 3.05) is 17.7 Å². The Morgan fingerprint density at radius 3 is 2.75 bits per heavy atom. The van der Waals surface area contributed by atoms with Gasteiger partial charge in [-0.1, -0.05) is 23.7 Å². The van der Waals surface area contributed by atoms with Crippen molar-refractivity contribution in [3.8, 4) is 5.75 Å². The van der Waals surface area contributed by atoms with E-state index < -0.39 is 0 Å². The number of nitrogen functional groups attached to an aromatic ring is 1. The maximum atomic E-state index is 11.8. The molecule has 0 aliphatic carbocycles. The number of ether oxygens (including phenoxy) is 1. The third-order valence-electron chi connectivity index (χ3n) is 2.71. The first-order chi connectivity index (χ1) is 9.56. The highest BCUT2D eigenvalue weighted by Crippen LogP contribution is 2.21. The molecule has 0 aromatic heterocycles. The molecule has 0 atom stereocenters. The van der Waals surface area contributed by atoms with Crippen LogP contribution in [0.4, 0.5) is 11.4 Å². The number of carbonyl (C=O) groups is 1. The minimum Gasteiger partial charge on any atom is -0.483 e. The van der Waals surface area contributed by atoms with E-state index in [2.05, 4.69) is 5.32 Å². The van der Waals surface area contributed by atoms with Crippen LogP contribution in [0.15, 0.2) is 42.5 Å². The predicted octanol–water partition coefficient (Wildman–Crippen LogP) is 3.25. The highest BCUT2D eigenvalue weighted by molar-refractivity contribution is 6.33. The van der Waals surface area contributed by atoms with Gasteiger partial charge in [-0.25, -0.2) is 0 Å². The standard InChI is InChI=1S/C15H15ClN2O2/c1-10-8-11(17)6-7-14(10)20-9-15(19)18-13-5-3-2-4-12(13)16/h2-8H,9,17H2,1H3,(H,18,19). The first-order valence-electron chi connectivity index (χ1n) is 6.09. The largest absolute Gasteiger partial charge is 0.483 e. The summed E-state index contributed by atoms with van der Waals surface area (Å²) in [5.41, 5.74) is 7.77. The highest BCUT2D eigenvalue weighted by Gasteiger charge is 2.07. The fourth-order valence-corrected chi connectivity index (χ4v) is 1.91. The van der Waals surface area contributed by atoms with E-state index in [9.17, 15) is 4.79 Å². The zero-order valence-electron chi connectivity index (χ0n) is 11.0. The van der Waals surface area contributed by atoms with Gasteiger partial charge in [0.2, 0.25) is 0 Å². The number of hydrogen-bond acceptors (Lipinski definition) is 3. The SMILES string of the molecule is Cc1cc(N)ccc1OCC(=O)Nc1ccccc1Cl. The summed E-state index contributed by atoms with van der Waals surface area (Å²) in [7, 11) is 0. The van der Waals surface area contributed by atoms with Gasteiger partial charge >= 0.3 is 0 Å². The van der Waals surface area contributed by atoms with Crippen molar-refractivity contribution in [1.29, 1.82) is 0 Å². The molecule has 0 aliphatic heterocycles. The number of aryl methyl sites for hydroxylation is 1. The molecular formula is C15H15ClN2O2. The van der Waals surface area contributed by atoms with Crippen molar-refractivity contribution in [3.63, 3.8) is 0 Å². The summed E-state index contributed by atoms with van der Waals surface area (Å²) in [5, 5.41) is 3.18. The quantitative estimate of drug-likeness (QED) is 0.850. The third-order valence-corrected chi connectivity index (χ3v) is 3.04. The highest BCUT2D eigenvalue weighted by atomic mass is 35.5. The van der Waals surface area contributed by atoms with E-state index in [0.717, 1.165) is 5.56 Å². The molecule has 2 rings (SSSR count). The number of nitrogens with two attached hydrogens (primary N) is 1. The number of benzene rings is 2. The number of carbonyl (C=O) groups excluding carboxylic acids is 1. The van der Waals surface area contributed by atoms with E-state index in [0.29, 0.717) is 22.1 Å². The third kappa shape index (κ3) is 3.65. The molecule has 0 unspecified atom stereocenters. The van der Waals surface area contributed by atoms with Crippen LogP contribution in [-0.2, 0) is 4.79 Å². The topological polar surface area (TPSA) is 64.3 Å². The van der Waals surface area contributed by atoms with E-state index >= 15 is 0 Å². The first kappa shape index (κ1) is 14.2. The van der Waals surface area contributed by atoms with Crippen LogP contribution in [0.5, 0.6) is 5.75 Å². The van der Waals surface area contributed by atoms with Crippen molar-refractivity contribution < 1.29 is 9.53 Å². The van der Waals surface area contributed by atoms with Gasteiger partial charge in [-0.05, 0) is 42.8 Å². The van der Waals surface area contributed by atoms with Crippen LogP contribution in [0, 0.1) is 6.92 Å². The van der Waals surface area contributed by atoms with Gasteiger partial charge in [-0.15, -0.1) is 0 Å². The van der Waals surface area contributed by atoms with Gasteiger partial charge in [0.15, 0.2) is 6.61 Å². The Balaban J connectivity index is 1.94. The number of amides is 1. The smallest absolute Gasteiger partial charge is 0.262 e. The number of halogens is 1. The summed E-state index contributed by atoms with van der Waals surface area (Å²) in [4.78, 5) is 11.8. The van der Waals surface area contributed by atoms with Gasteiger partial charge in [-0.2, -0.15) is 0 Å². The Morgan fingerprint density at radius 1 is 1.30 bits per heavy atom. The van der Waals surface area contributed by atoms with Crippen molar-refractivity contribution in [2.24, 2.45) is 0 Å². The van der Waals surface area contributed by atoms with Crippen molar-refractivity contribution in [3.05, 3.63) is 53.1 Å². The summed E-state index contributed by atoms with van der Waals surface area (Å²) < 4.78 is 5.45. The van der Waals surface area contributed by atoms with E-state index in [1.165, 1.54) is 0 Å². The van der Waals surface area contributed by atoms with E-state index in [4.69, 9.17) is 22.1 Å². The van der Waals surface area contributed by atoms with Gasteiger partial charge in [0.1, 0.15) is 5.75 Å². The molecule has 20 heavy (non-hydrogen) atoms. The Labute approximate surface area is 122 Å². The van der Waals surface area contributed by atoms with Crippen molar-refractivity contribution in [2.45, 2.75) is 6.92 Å². The molecule has 2 aromatic rings. The predicted molar refractivity (Wildman–Crippen MR) is 81.2 cm³/mol. The zero-order chi connectivity index (χ0) is 14.5. The lowest BCUT2D eigenvalue weighted by Gasteiger charge is -2.10. The zero-order valence-corrected chi connectivity index (χ0v) is 11.8. The van der Waals surface area contributed by atoms with E-state index in [-0.39, 0.29) is 12.5 Å². The van der Waals surface area contributed by atoms with Crippen molar-refractivity contribution >= 4 is 28.9 Å². The van der Waals surface area contributed by atoms with Crippen LogP contribution in [0.3, 0.4) is 0 Å². The second kappa shape index (κ2) is 6.30. The molecule has 4 nitrogen and oxygen atoms in total. The lowest BCUT2D eigenvalue weighted by molar-refractivity contribution is -0.118. The molecule has 0 radical (unpaired) electrons. The molecule has 0 saturated carbocycles. The molecule has 1 amide bonds. The van der Waals surface area contributed by atoms with Crippen molar-refractivity contribution in [1.82, 2.24) is 0 Å². The van der Waals surface area contributed by atoms with Gasteiger partial charge in [-0.3, -0.25) is 4.79 Å². The molecule has 0 heterocycles. The number of anilines is 2. The Morgan fingerprint density at radius 2 is 2.05 bits per heavy atom. The van der Waals surface area contributed by atoms with Gasteiger partial charge in [0.05, 0.1) is 10.7 Å². The molecule has 0 bridgehead atoms. The summed E-state index contributed by atoms with van der Waals surface area (Å²) in [6.07, 6.45) is 0. The van der Waals surface area contributed by atoms with E-state index in [1.807, 2.05) is 6.92 Å². The maximum absolute atomic E-state index is 11.8. The maximum Gasteiger partial charge on any atom is 0.262 e. The Bertz CT molecular complexity index is 629. The molecule has 5 heteroatoms. The second-order valence-corrected chi connectivity index (χ2v) is 4.75. The summed E-state index contributed by atoms with van der Waals surface area (Å²) in [6, 6.07) is 12.3. The van der Waals surface area contributed by atoms with E-state index in [1.54, 1.807) is 42.5 Å². The second-order valence-electron chi connectivity index (χ2n) is 4.34. The molecule has 0 aliphatic rings. The van der Waals surface area contributed by atoms with Crippen LogP contribution >= 0.6 is 11.6 Å². The molecule has 104 valence electrons. The molecule has 0 fully saturated rings. The number of hydrogen-bond donors (Lipinski definition) is 2. The Kier molecular flexibility index (Phi) is 4.48. The average molecular weight is 291 g/mol. The fourth-order valence-electron chi connectivity index (χ4n) is 1.73. The lowest BCUT2D eigenvalue weighted by Crippen LogP contribution is -2.20. The number of nitrogens with one attached hydrogen (secondary N) is 1. The lowest BCUT2D eigenvalue weighted by atomic mass is 10.2. The number of rotatable bonds is 4. The van der Waals surface area contributed by atoms with Crippen LogP contribution < -0.4 is 15.8 Å². The monoisotopic (exact) mass is 290 g/mol. The minimum atomic E-state index is -0.269. The summed E-state index contributed by atoms with van der Waals surface area (Å²) in [6.45, 7) is 1.79. The normalized spacial score (nSPS) is 10.1. The molecule has 0 saturated heterocycles. The Hall–Kier alpha value is -2.20.